The summed E-state index contributed by atoms with van der Waals surface area (Å²) < 4.78 is 6.01. The lowest BCUT2D eigenvalue weighted by Crippen LogP contribution is -2.39. The predicted molar refractivity (Wildman–Crippen MR) is 65.8 cm³/mol. The van der Waals surface area contributed by atoms with Gasteiger partial charge in [0.2, 0.25) is 0 Å². The van der Waals surface area contributed by atoms with E-state index in [9.17, 15) is 4.79 Å². The van der Waals surface area contributed by atoms with Crippen LogP contribution in [0.4, 0.5) is 0 Å². The first kappa shape index (κ1) is 12.9. The highest BCUT2D eigenvalue weighted by molar-refractivity contribution is 5.67. The van der Waals surface area contributed by atoms with E-state index in [4.69, 9.17) is 9.84 Å². The van der Waals surface area contributed by atoms with Crippen LogP contribution in [-0.4, -0.2) is 23.3 Å². The van der Waals surface area contributed by atoms with Crippen LogP contribution in [-0.2, 0) is 9.53 Å². The van der Waals surface area contributed by atoms with Crippen LogP contribution >= 0.6 is 0 Å². The quantitative estimate of drug-likeness (QED) is 0.821. The molecule has 0 spiro atoms. The summed E-state index contributed by atoms with van der Waals surface area (Å²) in [5, 5.41) is 8.78. The Morgan fingerprint density at radius 1 is 1.47 bits per heavy atom. The fraction of sp³-hybridized carbons (Fsp3) is 0.929. The zero-order valence-corrected chi connectivity index (χ0v) is 11.3. The van der Waals surface area contributed by atoms with Gasteiger partial charge in [-0.1, -0.05) is 20.8 Å². The lowest BCUT2D eigenvalue weighted by atomic mass is 9.70. The summed E-state index contributed by atoms with van der Waals surface area (Å²) in [4.78, 5) is 10.7. The normalized spacial score (nSPS) is 40.5. The Balaban J connectivity index is 2.03. The zero-order valence-electron chi connectivity index (χ0n) is 11.3. The van der Waals surface area contributed by atoms with Crippen molar-refractivity contribution in [1.29, 1.82) is 0 Å². The highest BCUT2D eigenvalue weighted by Gasteiger charge is 2.62. The predicted octanol–water partition coefficient (Wildman–Crippen LogP) is 3.08. The van der Waals surface area contributed by atoms with Gasteiger partial charge in [0, 0.05) is 0 Å². The lowest BCUT2D eigenvalue weighted by molar-refractivity contribution is -0.143. The molecule has 0 aromatic rings. The molecule has 4 atom stereocenters. The molecule has 3 heteroatoms. The van der Waals surface area contributed by atoms with Crippen molar-refractivity contribution in [2.24, 2.45) is 16.7 Å². The van der Waals surface area contributed by atoms with Crippen LogP contribution in [0, 0.1) is 16.7 Å². The minimum atomic E-state index is -0.773. The third-order valence-corrected chi connectivity index (χ3v) is 5.57. The molecule has 0 radical (unpaired) electrons. The van der Waals surface area contributed by atoms with E-state index in [0.29, 0.717) is 5.41 Å². The number of hydrogen-bond donors (Lipinski definition) is 1. The van der Waals surface area contributed by atoms with Crippen LogP contribution in [0.2, 0.25) is 0 Å². The topological polar surface area (TPSA) is 46.5 Å². The third-order valence-electron chi connectivity index (χ3n) is 5.57. The second-order valence-corrected chi connectivity index (χ2v) is 6.64. The molecule has 1 N–H and O–H groups in total. The summed E-state index contributed by atoms with van der Waals surface area (Å²) in [6.45, 7) is 8.88. The Hall–Kier alpha value is -0.570. The van der Waals surface area contributed by atoms with Crippen LogP contribution in [0.15, 0.2) is 0 Å². The number of carboxylic acids is 1. The van der Waals surface area contributed by atoms with E-state index in [1.807, 2.05) is 6.92 Å². The third kappa shape index (κ3) is 1.88. The molecule has 2 aliphatic carbocycles. The monoisotopic (exact) mass is 240 g/mol. The molecule has 0 heterocycles. The van der Waals surface area contributed by atoms with E-state index in [-0.39, 0.29) is 24.0 Å². The fourth-order valence-electron chi connectivity index (χ4n) is 3.91. The van der Waals surface area contributed by atoms with E-state index in [0.717, 1.165) is 12.3 Å². The Labute approximate surface area is 104 Å². The summed E-state index contributed by atoms with van der Waals surface area (Å²) >= 11 is 0. The largest absolute Gasteiger partial charge is 0.481 e. The van der Waals surface area contributed by atoms with E-state index >= 15 is 0 Å². The van der Waals surface area contributed by atoms with Crippen molar-refractivity contribution in [3.8, 4) is 0 Å². The number of hydrogen-bond acceptors (Lipinski definition) is 2. The summed E-state index contributed by atoms with van der Waals surface area (Å²) in [5.74, 6) is -0.0282. The number of fused-ring (bicyclic) bond motifs is 2. The van der Waals surface area contributed by atoms with Gasteiger partial charge >= 0.3 is 5.97 Å². The molecule has 0 aliphatic heterocycles. The molecule has 2 rings (SSSR count). The number of carbonyl (C=O) groups is 1. The van der Waals surface area contributed by atoms with Crippen molar-refractivity contribution in [1.82, 2.24) is 0 Å². The van der Waals surface area contributed by atoms with Crippen LogP contribution in [0.25, 0.3) is 0 Å². The molecule has 0 aromatic heterocycles. The average molecular weight is 240 g/mol. The molecule has 2 saturated carbocycles. The minimum absolute atomic E-state index is 0.109. The smallest absolute Gasteiger partial charge is 0.305 e. The summed E-state index contributed by atoms with van der Waals surface area (Å²) in [5.41, 5.74) is 0.561. The van der Waals surface area contributed by atoms with Gasteiger partial charge in [-0.25, -0.2) is 0 Å². The van der Waals surface area contributed by atoms with Gasteiger partial charge in [-0.05, 0) is 42.9 Å². The van der Waals surface area contributed by atoms with E-state index in [2.05, 4.69) is 20.8 Å². The first-order valence-electron chi connectivity index (χ1n) is 6.64. The SMILES string of the molecule is C[C@@H](CC(=O)O)OC1CC2CCC1(C)C2(C)C. The summed E-state index contributed by atoms with van der Waals surface area (Å²) in [6, 6.07) is 0. The highest BCUT2D eigenvalue weighted by atomic mass is 16.5. The molecule has 2 bridgehead atoms. The van der Waals surface area contributed by atoms with Crippen LogP contribution in [0.1, 0.15) is 53.4 Å². The molecule has 3 nitrogen and oxygen atoms in total. The van der Waals surface area contributed by atoms with Gasteiger partial charge in [-0.2, -0.15) is 0 Å². The number of carboxylic acid groups (broad SMARTS) is 1. The molecule has 98 valence electrons. The number of ether oxygens (including phenoxy) is 1. The number of rotatable bonds is 4. The summed E-state index contributed by atoms with van der Waals surface area (Å²) in [6.07, 6.45) is 3.80. The van der Waals surface area contributed by atoms with E-state index < -0.39 is 5.97 Å². The van der Waals surface area contributed by atoms with Crippen molar-refractivity contribution in [3.05, 3.63) is 0 Å². The van der Waals surface area contributed by atoms with E-state index in [1.165, 1.54) is 12.8 Å². The van der Waals surface area contributed by atoms with Gasteiger partial charge in [0.15, 0.2) is 0 Å². The first-order valence-corrected chi connectivity index (χ1v) is 6.64. The molecule has 2 fully saturated rings. The van der Waals surface area contributed by atoms with Gasteiger partial charge in [0.1, 0.15) is 0 Å². The molecular weight excluding hydrogens is 216 g/mol. The minimum Gasteiger partial charge on any atom is -0.481 e. The van der Waals surface area contributed by atoms with Crippen molar-refractivity contribution < 1.29 is 14.6 Å². The zero-order chi connectivity index (χ0) is 12.8. The van der Waals surface area contributed by atoms with Gasteiger partial charge < -0.3 is 9.84 Å². The van der Waals surface area contributed by atoms with Crippen molar-refractivity contribution in [2.45, 2.75) is 65.6 Å². The van der Waals surface area contributed by atoms with Gasteiger partial charge in [0.25, 0.3) is 0 Å². The maximum absolute atomic E-state index is 10.7. The van der Waals surface area contributed by atoms with Crippen molar-refractivity contribution >= 4 is 5.97 Å². The molecule has 0 aromatic carbocycles. The fourth-order valence-corrected chi connectivity index (χ4v) is 3.91. The van der Waals surface area contributed by atoms with Crippen LogP contribution < -0.4 is 0 Å². The van der Waals surface area contributed by atoms with Crippen LogP contribution in [0.5, 0.6) is 0 Å². The Kier molecular flexibility index (Phi) is 3.01. The first-order chi connectivity index (χ1) is 7.77. The Morgan fingerprint density at radius 3 is 2.53 bits per heavy atom. The molecule has 0 amide bonds. The average Bonchev–Trinajstić information content (AvgIpc) is 2.49. The lowest BCUT2D eigenvalue weighted by Gasteiger charge is -2.39. The van der Waals surface area contributed by atoms with Gasteiger partial charge in [0.05, 0.1) is 18.6 Å². The second-order valence-electron chi connectivity index (χ2n) is 6.64. The Morgan fingerprint density at radius 2 is 2.12 bits per heavy atom. The Bertz CT molecular complexity index is 323. The highest BCUT2D eigenvalue weighted by Crippen LogP contribution is 2.66. The van der Waals surface area contributed by atoms with Gasteiger partial charge in [-0.3, -0.25) is 4.79 Å². The van der Waals surface area contributed by atoms with Crippen LogP contribution in [0.3, 0.4) is 0 Å². The molecule has 2 aliphatic rings. The van der Waals surface area contributed by atoms with Gasteiger partial charge in [-0.15, -0.1) is 0 Å². The molecule has 3 unspecified atom stereocenters. The van der Waals surface area contributed by atoms with Crippen molar-refractivity contribution in [2.75, 3.05) is 0 Å². The molecule has 0 saturated heterocycles. The maximum Gasteiger partial charge on any atom is 0.305 e. The standard InChI is InChI=1S/C14H24O3/c1-9(7-12(15)16)17-11-8-10-5-6-14(11,4)13(10,2)3/h9-11H,5-8H2,1-4H3,(H,15,16)/t9-,10?,11?,14?/m0/s1. The second kappa shape index (κ2) is 3.98. The number of aliphatic carboxylic acids is 1. The summed E-state index contributed by atoms with van der Waals surface area (Å²) in [7, 11) is 0. The molecule has 17 heavy (non-hydrogen) atoms. The maximum atomic E-state index is 10.7. The van der Waals surface area contributed by atoms with E-state index in [1.54, 1.807) is 0 Å². The van der Waals surface area contributed by atoms with Crippen molar-refractivity contribution in [3.63, 3.8) is 0 Å². The molecular formula is C14H24O3.